The molecule has 4 rings (SSSR count). The van der Waals surface area contributed by atoms with Crippen LogP contribution in [0.4, 0.5) is 5.13 Å². The van der Waals surface area contributed by atoms with Crippen molar-refractivity contribution >= 4 is 45.0 Å². The Bertz CT molecular complexity index is 985. The van der Waals surface area contributed by atoms with Crippen molar-refractivity contribution in [2.24, 2.45) is 5.92 Å². The first kappa shape index (κ1) is 18.4. The number of pyridine rings is 1. The topological polar surface area (TPSA) is 67.8 Å². The van der Waals surface area contributed by atoms with Gasteiger partial charge in [0.15, 0.2) is 0 Å². The number of benzene rings is 1. The molecule has 0 saturated heterocycles. The molecule has 1 atom stereocenters. The number of aryl methyl sites for hydroxylation is 2. The molecule has 1 N–H and O–H groups in total. The van der Waals surface area contributed by atoms with Gasteiger partial charge in [0.25, 0.3) is 0 Å². The van der Waals surface area contributed by atoms with Gasteiger partial charge in [0, 0.05) is 5.39 Å². The van der Waals surface area contributed by atoms with Crippen molar-refractivity contribution in [1.29, 1.82) is 0 Å². The summed E-state index contributed by atoms with van der Waals surface area (Å²) in [6, 6.07) is 8.33. The van der Waals surface area contributed by atoms with E-state index in [1.807, 2.05) is 13.0 Å². The summed E-state index contributed by atoms with van der Waals surface area (Å²) in [7, 11) is 0. The SMILES string of the molecule is CCc1nnc(NC(=O)CSc2nc3ccccc3c3c2CC(C)CC3)s1. The fourth-order valence-electron chi connectivity index (χ4n) is 3.49. The maximum absolute atomic E-state index is 12.4. The molecule has 2 heterocycles. The van der Waals surface area contributed by atoms with E-state index in [4.69, 9.17) is 4.98 Å². The van der Waals surface area contributed by atoms with E-state index in [0.717, 1.165) is 34.8 Å². The molecule has 5 nitrogen and oxygen atoms in total. The molecular formula is C20H22N4OS2. The highest BCUT2D eigenvalue weighted by Crippen LogP contribution is 2.36. The van der Waals surface area contributed by atoms with Crippen molar-refractivity contribution in [3.63, 3.8) is 0 Å². The van der Waals surface area contributed by atoms with Crippen LogP contribution in [0.2, 0.25) is 0 Å². The summed E-state index contributed by atoms with van der Waals surface area (Å²) in [5, 5.41) is 14.7. The maximum Gasteiger partial charge on any atom is 0.236 e. The standard InChI is InChI=1S/C20H22N4OS2/c1-3-18-23-24-20(27-18)22-17(25)11-26-19-15-10-12(2)8-9-13(15)14-6-4-5-7-16(14)21-19/h4-7,12H,3,8-11H2,1-2H3,(H,22,24,25). The molecule has 1 unspecified atom stereocenters. The van der Waals surface area contributed by atoms with Gasteiger partial charge < -0.3 is 0 Å². The lowest BCUT2D eigenvalue weighted by atomic mass is 9.84. The molecule has 1 aliphatic carbocycles. The monoisotopic (exact) mass is 398 g/mol. The first-order valence-electron chi connectivity index (χ1n) is 9.29. The van der Waals surface area contributed by atoms with Crippen LogP contribution < -0.4 is 5.32 Å². The van der Waals surface area contributed by atoms with E-state index in [1.54, 1.807) is 0 Å². The van der Waals surface area contributed by atoms with Gasteiger partial charge in [-0.3, -0.25) is 10.1 Å². The van der Waals surface area contributed by atoms with Gasteiger partial charge in [0.1, 0.15) is 10.0 Å². The van der Waals surface area contributed by atoms with E-state index in [1.165, 1.54) is 46.0 Å². The predicted molar refractivity (Wildman–Crippen MR) is 112 cm³/mol. The molecule has 1 amide bonds. The first-order chi connectivity index (χ1) is 13.1. The molecule has 0 radical (unpaired) electrons. The van der Waals surface area contributed by atoms with Gasteiger partial charge in [-0.25, -0.2) is 4.98 Å². The van der Waals surface area contributed by atoms with Gasteiger partial charge >= 0.3 is 0 Å². The lowest BCUT2D eigenvalue weighted by Crippen LogP contribution is -2.16. The number of nitrogens with zero attached hydrogens (tertiary/aromatic N) is 3. The number of fused-ring (bicyclic) bond motifs is 3. The van der Waals surface area contributed by atoms with Gasteiger partial charge in [-0.15, -0.1) is 10.2 Å². The van der Waals surface area contributed by atoms with Crippen molar-refractivity contribution < 1.29 is 4.79 Å². The molecule has 27 heavy (non-hydrogen) atoms. The average Bonchev–Trinajstić information content (AvgIpc) is 3.13. The number of amides is 1. The van der Waals surface area contributed by atoms with Crippen LogP contribution in [0, 0.1) is 5.92 Å². The first-order valence-corrected chi connectivity index (χ1v) is 11.1. The van der Waals surface area contributed by atoms with E-state index >= 15 is 0 Å². The third kappa shape index (κ3) is 3.99. The van der Waals surface area contributed by atoms with Crippen molar-refractivity contribution in [1.82, 2.24) is 15.2 Å². The number of hydrogen-bond donors (Lipinski definition) is 1. The Morgan fingerprint density at radius 2 is 2.15 bits per heavy atom. The van der Waals surface area contributed by atoms with Crippen LogP contribution in [0.25, 0.3) is 10.9 Å². The molecule has 0 spiro atoms. The molecule has 2 aromatic heterocycles. The number of hydrogen-bond acceptors (Lipinski definition) is 6. The highest BCUT2D eigenvalue weighted by Gasteiger charge is 2.22. The highest BCUT2D eigenvalue weighted by molar-refractivity contribution is 8.00. The number of nitrogens with one attached hydrogen (secondary N) is 1. The van der Waals surface area contributed by atoms with E-state index in [9.17, 15) is 4.79 Å². The summed E-state index contributed by atoms with van der Waals surface area (Å²) >= 11 is 2.95. The lowest BCUT2D eigenvalue weighted by Gasteiger charge is -2.25. The molecule has 1 aliphatic rings. The summed E-state index contributed by atoms with van der Waals surface area (Å²) in [4.78, 5) is 17.2. The second kappa shape index (κ2) is 7.94. The fraction of sp³-hybridized carbons (Fsp3) is 0.400. The number of para-hydroxylation sites is 1. The molecule has 1 aromatic carbocycles. The van der Waals surface area contributed by atoms with E-state index < -0.39 is 0 Å². The predicted octanol–water partition coefficient (Wildman–Crippen LogP) is 4.50. The summed E-state index contributed by atoms with van der Waals surface area (Å²) < 4.78 is 0. The second-order valence-corrected chi connectivity index (χ2v) is 8.96. The van der Waals surface area contributed by atoms with Gasteiger partial charge in [-0.05, 0) is 48.8 Å². The Kier molecular flexibility index (Phi) is 5.41. The van der Waals surface area contributed by atoms with Crippen molar-refractivity contribution in [2.75, 3.05) is 11.1 Å². The summed E-state index contributed by atoms with van der Waals surface area (Å²) in [5.41, 5.74) is 3.76. The van der Waals surface area contributed by atoms with Crippen LogP contribution in [0.15, 0.2) is 29.3 Å². The molecule has 3 aromatic rings. The number of aromatic nitrogens is 3. The Hall–Kier alpha value is -1.99. The number of carbonyl (C=O) groups excluding carboxylic acids is 1. The van der Waals surface area contributed by atoms with Crippen molar-refractivity contribution in [3.8, 4) is 0 Å². The minimum Gasteiger partial charge on any atom is -0.300 e. The number of anilines is 1. The van der Waals surface area contributed by atoms with Crippen LogP contribution in [0.5, 0.6) is 0 Å². The third-order valence-corrected chi connectivity index (χ3v) is 6.87. The highest BCUT2D eigenvalue weighted by atomic mass is 32.2. The number of rotatable bonds is 5. The zero-order valence-electron chi connectivity index (χ0n) is 15.5. The average molecular weight is 399 g/mol. The molecule has 0 saturated carbocycles. The van der Waals surface area contributed by atoms with Crippen LogP contribution >= 0.6 is 23.1 Å². The second-order valence-electron chi connectivity index (χ2n) is 6.93. The summed E-state index contributed by atoms with van der Waals surface area (Å²) in [5.74, 6) is 0.918. The fourth-order valence-corrected chi connectivity index (χ4v) is 5.07. The third-order valence-electron chi connectivity index (χ3n) is 4.87. The summed E-state index contributed by atoms with van der Waals surface area (Å²) in [6.45, 7) is 4.32. The molecule has 0 fully saturated rings. The van der Waals surface area contributed by atoms with Crippen LogP contribution in [0.3, 0.4) is 0 Å². The number of thioether (sulfide) groups is 1. The van der Waals surface area contributed by atoms with Crippen LogP contribution in [-0.4, -0.2) is 26.8 Å². The zero-order chi connectivity index (χ0) is 18.8. The van der Waals surface area contributed by atoms with E-state index in [-0.39, 0.29) is 5.91 Å². The Morgan fingerprint density at radius 1 is 1.30 bits per heavy atom. The zero-order valence-corrected chi connectivity index (χ0v) is 17.1. The molecule has 0 bridgehead atoms. The molecule has 140 valence electrons. The van der Waals surface area contributed by atoms with Gasteiger partial charge in [0.05, 0.1) is 11.3 Å². The molecule has 7 heteroatoms. The molecule has 0 aliphatic heterocycles. The van der Waals surface area contributed by atoms with Crippen LogP contribution in [0.1, 0.15) is 36.4 Å². The number of carbonyl (C=O) groups is 1. The quantitative estimate of drug-likeness (QED) is 0.641. The minimum atomic E-state index is -0.0635. The van der Waals surface area contributed by atoms with Gasteiger partial charge in [-0.2, -0.15) is 0 Å². The van der Waals surface area contributed by atoms with Gasteiger partial charge in [-0.1, -0.05) is 55.1 Å². The lowest BCUT2D eigenvalue weighted by molar-refractivity contribution is -0.113. The summed E-state index contributed by atoms with van der Waals surface area (Å²) in [6.07, 6.45) is 4.16. The smallest absolute Gasteiger partial charge is 0.236 e. The van der Waals surface area contributed by atoms with Crippen molar-refractivity contribution in [2.45, 2.75) is 44.6 Å². The van der Waals surface area contributed by atoms with Gasteiger partial charge in [0.2, 0.25) is 11.0 Å². The minimum absolute atomic E-state index is 0.0635. The maximum atomic E-state index is 12.4. The largest absolute Gasteiger partial charge is 0.300 e. The van der Waals surface area contributed by atoms with Crippen LogP contribution in [-0.2, 0) is 24.1 Å². The Labute approximate surface area is 167 Å². The van der Waals surface area contributed by atoms with E-state index in [0.29, 0.717) is 16.8 Å². The Balaban J connectivity index is 1.54. The molecular weight excluding hydrogens is 376 g/mol. The van der Waals surface area contributed by atoms with E-state index in [2.05, 4.69) is 40.6 Å². The van der Waals surface area contributed by atoms with Crippen molar-refractivity contribution in [3.05, 3.63) is 40.4 Å². The Morgan fingerprint density at radius 3 is 2.96 bits per heavy atom. The normalized spacial score (nSPS) is 16.3.